The monoisotopic (exact) mass is 456 g/mol. The van der Waals surface area contributed by atoms with Gasteiger partial charge in [0.25, 0.3) is 0 Å². The summed E-state index contributed by atoms with van der Waals surface area (Å²) in [6.45, 7) is 6.57. The van der Waals surface area contributed by atoms with Crippen molar-refractivity contribution in [1.82, 2.24) is 9.62 Å². The van der Waals surface area contributed by atoms with Crippen LogP contribution in [0.5, 0.6) is 5.75 Å². The number of piperidine rings is 1. The van der Waals surface area contributed by atoms with Gasteiger partial charge >= 0.3 is 0 Å². The van der Waals surface area contributed by atoms with Gasteiger partial charge in [0, 0.05) is 24.4 Å². The summed E-state index contributed by atoms with van der Waals surface area (Å²) < 4.78 is 32.5. The molecule has 1 N–H and O–H groups in total. The second-order valence-electron chi connectivity index (χ2n) is 8.40. The highest BCUT2D eigenvalue weighted by atomic mass is 32.2. The Labute approximate surface area is 191 Å². The van der Waals surface area contributed by atoms with E-state index in [1.54, 1.807) is 6.08 Å². The number of amides is 1. The third-order valence-corrected chi connectivity index (χ3v) is 7.07. The van der Waals surface area contributed by atoms with Gasteiger partial charge in [-0.1, -0.05) is 42.5 Å². The van der Waals surface area contributed by atoms with Gasteiger partial charge in [0.15, 0.2) is 0 Å². The molecular weight excluding hydrogens is 424 g/mol. The minimum absolute atomic E-state index is 0.0374. The lowest BCUT2D eigenvalue weighted by Gasteiger charge is -2.30. The fourth-order valence-corrected chi connectivity index (χ4v) is 4.95. The maximum Gasteiger partial charge on any atom is 0.236 e. The highest BCUT2D eigenvalue weighted by Gasteiger charge is 2.30. The second-order valence-corrected chi connectivity index (χ2v) is 10.2. The molecule has 1 unspecified atom stereocenters. The summed E-state index contributed by atoms with van der Waals surface area (Å²) in [6, 6.07) is 16.9. The molecule has 0 aliphatic carbocycles. The third-order valence-electron chi connectivity index (χ3n) is 5.51. The highest BCUT2D eigenvalue weighted by Crippen LogP contribution is 2.24. The molecule has 1 aliphatic rings. The molecule has 0 saturated carbocycles. The molecule has 1 fully saturated rings. The summed E-state index contributed by atoms with van der Waals surface area (Å²) in [6.07, 6.45) is 2.70. The Hall–Kier alpha value is -2.64. The van der Waals surface area contributed by atoms with Crippen molar-refractivity contribution in [3.05, 3.63) is 71.1 Å². The third kappa shape index (κ3) is 6.68. The van der Waals surface area contributed by atoms with E-state index in [2.05, 4.69) is 5.32 Å². The Morgan fingerprint density at radius 3 is 2.41 bits per heavy atom. The van der Waals surface area contributed by atoms with Gasteiger partial charge in [-0.05, 0) is 62.9 Å². The Morgan fingerprint density at radius 2 is 1.75 bits per heavy atom. The van der Waals surface area contributed by atoms with Crippen LogP contribution < -0.4 is 10.1 Å². The number of benzene rings is 2. The minimum atomic E-state index is -3.50. The van der Waals surface area contributed by atoms with Crippen molar-refractivity contribution in [2.24, 2.45) is 5.92 Å². The van der Waals surface area contributed by atoms with E-state index >= 15 is 0 Å². The SMILES string of the molecule is CC(C)Oc1cccc(C(C)NC(=O)C2CCN(S(=O)(=O)/C=C/c3ccccc3)CC2)c1. The van der Waals surface area contributed by atoms with Crippen LogP contribution in [0.15, 0.2) is 60.0 Å². The van der Waals surface area contributed by atoms with Crippen LogP contribution in [-0.4, -0.2) is 37.8 Å². The van der Waals surface area contributed by atoms with E-state index < -0.39 is 10.0 Å². The Kier molecular flexibility index (Phi) is 8.10. The van der Waals surface area contributed by atoms with Crippen molar-refractivity contribution in [2.45, 2.75) is 45.8 Å². The first-order chi connectivity index (χ1) is 15.2. The topological polar surface area (TPSA) is 75.7 Å². The molecule has 1 heterocycles. The first-order valence-corrected chi connectivity index (χ1v) is 12.5. The molecule has 1 saturated heterocycles. The lowest BCUT2D eigenvalue weighted by atomic mass is 9.96. The fraction of sp³-hybridized carbons (Fsp3) is 0.400. The predicted molar refractivity (Wildman–Crippen MR) is 127 cm³/mol. The molecule has 7 heteroatoms. The zero-order chi connectivity index (χ0) is 23.1. The number of hydrogen-bond acceptors (Lipinski definition) is 4. The predicted octanol–water partition coefficient (Wildman–Crippen LogP) is 4.36. The number of carbonyl (C=O) groups excluding carboxylic acids is 1. The smallest absolute Gasteiger partial charge is 0.236 e. The Balaban J connectivity index is 1.53. The van der Waals surface area contributed by atoms with Crippen LogP contribution in [0.1, 0.15) is 50.8 Å². The van der Waals surface area contributed by atoms with E-state index in [1.165, 1.54) is 9.71 Å². The van der Waals surface area contributed by atoms with E-state index in [-0.39, 0.29) is 24.0 Å². The summed E-state index contributed by atoms with van der Waals surface area (Å²) in [5.74, 6) is 0.544. The van der Waals surface area contributed by atoms with Crippen molar-refractivity contribution >= 4 is 22.0 Å². The highest BCUT2D eigenvalue weighted by molar-refractivity contribution is 7.92. The van der Waals surface area contributed by atoms with E-state index in [9.17, 15) is 13.2 Å². The summed E-state index contributed by atoms with van der Waals surface area (Å²) >= 11 is 0. The molecule has 1 atom stereocenters. The average Bonchev–Trinajstić information content (AvgIpc) is 2.78. The van der Waals surface area contributed by atoms with Gasteiger partial charge in [-0.3, -0.25) is 4.79 Å². The Morgan fingerprint density at radius 1 is 1.06 bits per heavy atom. The van der Waals surface area contributed by atoms with Crippen LogP contribution in [0.3, 0.4) is 0 Å². The van der Waals surface area contributed by atoms with Crippen LogP contribution in [0.25, 0.3) is 6.08 Å². The van der Waals surface area contributed by atoms with Crippen LogP contribution >= 0.6 is 0 Å². The maximum atomic E-state index is 12.8. The van der Waals surface area contributed by atoms with Crippen molar-refractivity contribution in [1.29, 1.82) is 0 Å². The van der Waals surface area contributed by atoms with E-state index in [1.807, 2.05) is 75.4 Å². The van der Waals surface area contributed by atoms with Crippen LogP contribution in [-0.2, 0) is 14.8 Å². The molecule has 2 aromatic carbocycles. The Bertz CT molecular complexity index is 1030. The molecule has 1 amide bonds. The summed E-state index contributed by atoms with van der Waals surface area (Å²) in [5.41, 5.74) is 1.81. The maximum absolute atomic E-state index is 12.8. The number of nitrogens with zero attached hydrogens (tertiary/aromatic N) is 1. The molecule has 0 aromatic heterocycles. The normalized spacial score (nSPS) is 16.9. The molecule has 2 aromatic rings. The second kappa shape index (κ2) is 10.8. The van der Waals surface area contributed by atoms with Crippen molar-refractivity contribution in [3.8, 4) is 5.75 Å². The van der Waals surface area contributed by atoms with Crippen molar-refractivity contribution in [2.75, 3.05) is 13.1 Å². The molecule has 0 bridgehead atoms. The van der Waals surface area contributed by atoms with Gasteiger partial charge < -0.3 is 10.1 Å². The fourth-order valence-electron chi connectivity index (χ4n) is 3.73. The molecule has 0 spiro atoms. The van der Waals surface area contributed by atoms with Gasteiger partial charge in [-0.25, -0.2) is 8.42 Å². The number of ether oxygens (including phenoxy) is 1. The van der Waals surface area contributed by atoms with E-state index in [0.29, 0.717) is 25.9 Å². The summed E-state index contributed by atoms with van der Waals surface area (Å²) in [7, 11) is -3.50. The first kappa shape index (κ1) is 24.0. The zero-order valence-corrected chi connectivity index (χ0v) is 19.7. The number of carbonyl (C=O) groups is 1. The molecule has 32 heavy (non-hydrogen) atoms. The summed E-state index contributed by atoms with van der Waals surface area (Å²) in [5, 5.41) is 4.32. The van der Waals surface area contributed by atoms with Gasteiger partial charge in [-0.15, -0.1) is 0 Å². The van der Waals surface area contributed by atoms with Gasteiger partial charge in [0.05, 0.1) is 12.1 Å². The average molecular weight is 457 g/mol. The van der Waals surface area contributed by atoms with Gasteiger partial charge in [0.2, 0.25) is 15.9 Å². The van der Waals surface area contributed by atoms with E-state index in [0.717, 1.165) is 16.9 Å². The first-order valence-electron chi connectivity index (χ1n) is 11.0. The van der Waals surface area contributed by atoms with Crippen LogP contribution in [0.4, 0.5) is 0 Å². The van der Waals surface area contributed by atoms with Crippen molar-refractivity contribution < 1.29 is 17.9 Å². The molecule has 6 nitrogen and oxygen atoms in total. The lowest BCUT2D eigenvalue weighted by molar-refractivity contribution is -0.126. The number of rotatable bonds is 8. The number of hydrogen-bond donors (Lipinski definition) is 1. The standard InChI is InChI=1S/C25H32N2O4S/c1-19(2)31-24-11-7-10-23(18-24)20(3)26-25(28)22-12-15-27(16-13-22)32(29,30)17-14-21-8-5-4-6-9-21/h4-11,14,17-20,22H,12-13,15-16H2,1-3H3,(H,26,28)/b17-14+. The largest absolute Gasteiger partial charge is 0.491 e. The van der Waals surface area contributed by atoms with Crippen LogP contribution in [0, 0.1) is 5.92 Å². The van der Waals surface area contributed by atoms with Gasteiger partial charge in [0.1, 0.15) is 5.75 Å². The lowest BCUT2D eigenvalue weighted by Crippen LogP contribution is -2.42. The quantitative estimate of drug-likeness (QED) is 0.640. The molecule has 0 radical (unpaired) electrons. The van der Waals surface area contributed by atoms with Crippen molar-refractivity contribution in [3.63, 3.8) is 0 Å². The molecule has 1 aliphatic heterocycles. The van der Waals surface area contributed by atoms with E-state index in [4.69, 9.17) is 4.74 Å². The van der Waals surface area contributed by atoms with Crippen LogP contribution in [0.2, 0.25) is 0 Å². The van der Waals surface area contributed by atoms with Gasteiger partial charge in [-0.2, -0.15) is 4.31 Å². The molecule has 3 rings (SSSR count). The molecular formula is C25H32N2O4S. The number of sulfonamides is 1. The number of nitrogens with one attached hydrogen (secondary N) is 1. The summed E-state index contributed by atoms with van der Waals surface area (Å²) in [4.78, 5) is 12.8. The molecule has 172 valence electrons. The zero-order valence-electron chi connectivity index (χ0n) is 18.9. The minimum Gasteiger partial charge on any atom is -0.491 e.